The largest absolute Gasteiger partial charge is 0.507 e. The summed E-state index contributed by atoms with van der Waals surface area (Å²) in [6.07, 6.45) is 1.41. The number of anilines is 1. The summed E-state index contributed by atoms with van der Waals surface area (Å²) in [5, 5.41) is 11.4. The van der Waals surface area contributed by atoms with Gasteiger partial charge in [-0.3, -0.25) is 19.5 Å². The first-order valence-electron chi connectivity index (χ1n) is 9.87. The van der Waals surface area contributed by atoms with Gasteiger partial charge in [0, 0.05) is 18.3 Å². The van der Waals surface area contributed by atoms with E-state index in [1.165, 1.54) is 38.6 Å². The summed E-state index contributed by atoms with van der Waals surface area (Å²) in [4.78, 5) is 31.2. The summed E-state index contributed by atoms with van der Waals surface area (Å²) in [7, 11) is 2.68. The Bertz CT molecular complexity index is 1330. The molecule has 0 spiro atoms. The summed E-state index contributed by atoms with van der Waals surface area (Å²) < 4.78 is 39.2. The molecule has 34 heavy (non-hydrogen) atoms. The molecule has 1 fully saturated rings. The number of rotatable bonds is 5. The highest BCUT2D eigenvalue weighted by Crippen LogP contribution is 2.44. The minimum atomic E-state index is -1.36. The van der Waals surface area contributed by atoms with Crippen molar-refractivity contribution in [1.82, 2.24) is 4.98 Å². The molecule has 1 aliphatic heterocycles. The van der Waals surface area contributed by atoms with Crippen molar-refractivity contribution in [2.24, 2.45) is 0 Å². The number of carbonyl (C=O) groups is 2. The molecule has 2 aromatic carbocycles. The van der Waals surface area contributed by atoms with E-state index in [0.717, 1.165) is 23.1 Å². The van der Waals surface area contributed by atoms with Crippen molar-refractivity contribution in [3.63, 3.8) is 0 Å². The quantitative estimate of drug-likeness (QED) is 0.320. The lowest BCUT2D eigenvalue weighted by molar-refractivity contribution is -0.132. The number of Topliss-reactive ketones (excluding diaryl/α,β-unsaturated/α-hetero) is 1. The van der Waals surface area contributed by atoms with Crippen LogP contribution in [-0.2, 0) is 9.59 Å². The molecule has 4 rings (SSSR count). The van der Waals surface area contributed by atoms with E-state index in [-0.39, 0.29) is 27.8 Å². The minimum Gasteiger partial charge on any atom is -0.507 e. The van der Waals surface area contributed by atoms with Crippen LogP contribution in [0.3, 0.4) is 0 Å². The van der Waals surface area contributed by atoms with Gasteiger partial charge in [-0.15, -0.1) is 0 Å². The van der Waals surface area contributed by atoms with Crippen LogP contribution >= 0.6 is 11.6 Å². The van der Waals surface area contributed by atoms with Crippen molar-refractivity contribution in [1.29, 1.82) is 0 Å². The van der Waals surface area contributed by atoms with Crippen molar-refractivity contribution in [3.8, 4) is 11.5 Å². The molecule has 3 aromatic rings. The molecule has 0 saturated carbocycles. The number of carbonyl (C=O) groups excluding carboxylic acids is 2. The lowest BCUT2D eigenvalue weighted by Gasteiger charge is -2.25. The Morgan fingerprint density at radius 2 is 1.79 bits per heavy atom. The van der Waals surface area contributed by atoms with Gasteiger partial charge in [-0.05, 0) is 30.3 Å². The summed E-state index contributed by atoms with van der Waals surface area (Å²) in [5.41, 5.74) is -0.721. The number of halogens is 3. The molecule has 1 atom stereocenters. The molecule has 1 amide bonds. The number of hydrogen-bond donors (Lipinski definition) is 1. The first kappa shape index (κ1) is 23.2. The van der Waals surface area contributed by atoms with Gasteiger partial charge in [-0.25, -0.2) is 8.78 Å². The van der Waals surface area contributed by atoms with Crippen LogP contribution in [0.5, 0.6) is 11.5 Å². The van der Waals surface area contributed by atoms with E-state index < -0.39 is 46.4 Å². The number of pyridine rings is 1. The summed E-state index contributed by atoms with van der Waals surface area (Å²) in [5.74, 6) is -4.40. The third kappa shape index (κ3) is 3.84. The number of aliphatic hydroxyl groups excluding tert-OH is 1. The Balaban J connectivity index is 2.02. The van der Waals surface area contributed by atoms with Crippen molar-refractivity contribution in [2.45, 2.75) is 6.04 Å². The normalized spacial score (nSPS) is 17.2. The fourth-order valence-electron chi connectivity index (χ4n) is 3.76. The molecule has 1 aliphatic rings. The maximum Gasteiger partial charge on any atom is 0.300 e. The smallest absolute Gasteiger partial charge is 0.300 e. The molecule has 1 N–H and O–H groups in total. The van der Waals surface area contributed by atoms with Crippen LogP contribution in [-0.4, -0.2) is 36.0 Å². The molecular weight excluding hydrogens is 470 g/mol. The Kier molecular flexibility index (Phi) is 6.21. The molecule has 10 heteroatoms. The predicted molar refractivity (Wildman–Crippen MR) is 120 cm³/mol. The number of ketones is 1. The van der Waals surface area contributed by atoms with Gasteiger partial charge in [-0.2, -0.15) is 0 Å². The van der Waals surface area contributed by atoms with E-state index in [1.54, 1.807) is 12.1 Å². The zero-order valence-electron chi connectivity index (χ0n) is 17.9. The third-order valence-corrected chi connectivity index (χ3v) is 5.60. The van der Waals surface area contributed by atoms with Gasteiger partial charge in [0.15, 0.2) is 0 Å². The predicted octanol–water partition coefficient (Wildman–Crippen LogP) is 4.66. The lowest BCUT2D eigenvalue weighted by Crippen LogP contribution is -2.30. The molecule has 0 aliphatic carbocycles. The van der Waals surface area contributed by atoms with Crippen molar-refractivity contribution < 1.29 is 33.0 Å². The van der Waals surface area contributed by atoms with E-state index in [9.17, 15) is 23.5 Å². The number of amides is 1. The number of aromatic nitrogens is 1. The second-order valence-corrected chi connectivity index (χ2v) is 7.61. The lowest BCUT2D eigenvalue weighted by atomic mass is 9.97. The van der Waals surface area contributed by atoms with Crippen LogP contribution in [0.1, 0.15) is 17.3 Å². The maximum atomic E-state index is 14.7. The van der Waals surface area contributed by atoms with E-state index in [0.29, 0.717) is 0 Å². The molecule has 1 aromatic heterocycles. The van der Waals surface area contributed by atoms with Crippen molar-refractivity contribution >= 4 is 34.7 Å². The topological polar surface area (TPSA) is 89.0 Å². The molecule has 174 valence electrons. The van der Waals surface area contributed by atoms with Gasteiger partial charge >= 0.3 is 0 Å². The Hall–Kier alpha value is -3.98. The SMILES string of the molecule is COc1cc(/C(O)=C2\C(=O)C(=O)N(c3cc(F)ccc3F)C2c2ccccn2)c(OC)cc1Cl. The third-order valence-electron chi connectivity index (χ3n) is 5.31. The fraction of sp³-hybridized carbons (Fsp3) is 0.125. The van der Waals surface area contributed by atoms with Crippen molar-refractivity contribution in [3.05, 3.63) is 88.2 Å². The number of nitrogens with zero attached hydrogens (tertiary/aromatic N) is 2. The molecule has 1 saturated heterocycles. The van der Waals surface area contributed by atoms with E-state index >= 15 is 0 Å². The number of aliphatic hydroxyl groups is 1. The molecule has 2 heterocycles. The zero-order valence-corrected chi connectivity index (χ0v) is 18.6. The van der Waals surface area contributed by atoms with Gasteiger partial charge < -0.3 is 14.6 Å². The second-order valence-electron chi connectivity index (χ2n) is 7.21. The zero-order chi connectivity index (χ0) is 24.6. The van der Waals surface area contributed by atoms with Crippen LogP contribution in [0.25, 0.3) is 5.76 Å². The van der Waals surface area contributed by atoms with Gasteiger partial charge in [-0.1, -0.05) is 17.7 Å². The molecule has 1 unspecified atom stereocenters. The van der Waals surface area contributed by atoms with E-state index in [1.807, 2.05) is 0 Å². The first-order chi connectivity index (χ1) is 16.3. The van der Waals surface area contributed by atoms with E-state index in [4.69, 9.17) is 21.1 Å². The standard InChI is InChI=1S/C24H17ClF2N2O5/c1-33-18-11-14(25)19(34-2)10-13(18)22(30)20-21(16-5-3-4-8-28-16)29(24(32)23(20)31)17-9-12(26)6-7-15(17)27/h3-11,21,30H,1-2H3/b22-20+. The molecular formula is C24H17ClF2N2O5. The minimum absolute atomic E-state index is 0.00222. The highest BCUT2D eigenvalue weighted by atomic mass is 35.5. The molecule has 7 nitrogen and oxygen atoms in total. The van der Waals surface area contributed by atoms with E-state index in [2.05, 4.69) is 4.98 Å². The van der Waals surface area contributed by atoms with Gasteiger partial charge in [0.1, 0.15) is 34.9 Å². The van der Waals surface area contributed by atoms with Crippen LogP contribution in [0.2, 0.25) is 5.02 Å². The van der Waals surface area contributed by atoms with Gasteiger partial charge in [0.25, 0.3) is 11.7 Å². The Morgan fingerprint density at radius 3 is 2.44 bits per heavy atom. The monoisotopic (exact) mass is 486 g/mol. The van der Waals surface area contributed by atoms with Gasteiger partial charge in [0.2, 0.25) is 0 Å². The van der Waals surface area contributed by atoms with Crippen LogP contribution in [0, 0.1) is 11.6 Å². The summed E-state index contributed by atoms with van der Waals surface area (Å²) in [6.45, 7) is 0. The first-order valence-corrected chi connectivity index (χ1v) is 10.2. The van der Waals surface area contributed by atoms with Crippen LogP contribution in [0.4, 0.5) is 14.5 Å². The highest BCUT2D eigenvalue weighted by Gasteiger charge is 2.48. The number of benzene rings is 2. The molecule has 0 radical (unpaired) electrons. The number of methoxy groups -OCH3 is 2. The number of ether oxygens (including phenoxy) is 2. The fourth-order valence-corrected chi connectivity index (χ4v) is 3.99. The van der Waals surface area contributed by atoms with Crippen molar-refractivity contribution in [2.75, 3.05) is 19.1 Å². The number of hydrogen-bond acceptors (Lipinski definition) is 6. The van der Waals surface area contributed by atoms with Crippen LogP contribution < -0.4 is 14.4 Å². The maximum absolute atomic E-state index is 14.7. The summed E-state index contributed by atoms with van der Waals surface area (Å²) in [6, 6.07) is 8.56. The second kappa shape index (κ2) is 9.11. The van der Waals surface area contributed by atoms with Crippen LogP contribution in [0.15, 0.2) is 60.3 Å². The Morgan fingerprint density at radius 1 is 1.06 bits per heavy atom. The Labute approximate surface area is 197 Å². The highest BCUT2D eigenvalue weighted by molar-refractivity contribution is 6.51. The average molecular weight is 487 g/mol. The molecule has 0 bridgehead atoms. The average Bonchev–Trinajstić information content (AvgIpc) is 3.10. The van der Waals surface area contributed by atoms with Gasteiger partial charge in [0.05, 0.1) is 41.8 Å². The summed E-state index contributed by atoms with van der Waals surface area (Å²) >= 11 is 6.14.